The fourth-order valence-corrected chi connectivity index (χ4v) is 3.30. The number of carbonyl (C=O) groups excluding carboxylic acids is 2. The number of guanidine groups is 1. The van der Waals surface area contributed by atoms with Crippen LogP contribution in [0.1, 0.15) is 42.1 Å². The first-order valence-corrected chi connectivity index (χ1v) is 9.76. The van der Waals surface area contributed by atoms with E-state index in [-0.39, 0.29) is 41.7 Å². The zero-order valence-corrected chi connectivity index (χ0v) is 19.4. The highest BCUT2D eigenvalue weighted by atomic mass is 127. The third kappa shape index (κ3) is 8.15. The van der Waals surface area contributed by atoms with Gasteiger partial charge in [0.25, 0.3) is 5.91 Å². The number of hydrogen-bond acceptors (Lipinski definition) is 3. The quantitative estimate of drug-likeness (QED) is 0.222. The van der Waals surface area contributed by atoms with Crippen molar-refractivity contribution in [1.82, 2.24) is 15.5 Å². The Hall–Kier alpha value is -1.91. The zero-order valence-electron chi connectivity index (χ0n) is 17.0. The Morgan fingerprint density at radius 2 is 2.10 bits per heavy atom. The summed E-state index contributed by atoms with van der Waals surface area (Å²) in [5.74, 6) is 0.0249. The molecule has 1 aliphatic heterocycles. The van der Waals surface area contributed by atoms with Gasteiger partial charge in [-0.05, 0) is 50.3 Å². The molecule has 1 aliphatic rings. The molecule has 9 heteroatoms. The molecule has 1 fully saturated rings. The van der Waals surface area contributed by atoms with Gasteiger partial charge in [0.1, 0.15) is 5.82 Å². The van der Waals surface area contributed by atoms with E-state index in [1.54, 1.807) is 19.1 Å². The van der Waals surface area contributed by atoms with Gasteiger partial charge in [-0.3, -0.25) is 14.6 Å². The molecule has 1 aromatic carbocycles. The van der Waals surface area contributed by atoms with E-state index in [4.69, 9.17) is 5.73 Å². The Bertz CT molecular complexity index is 729. The highest BCUT2D eigenvalue weighted by Crippen LogP contribution is 2.19. The third-order valence-electron chi connectivity index (χ3n) is 4.74. The van der Waals surface area contributed by atoms with Crippen LogP contribution in [0.25, 0.3) is 0 Å². The Labute approximate surface area is 188 Å². The largest absolute Gasteiger partial charge is 0.370 e. The van der Waals surface area contributed by atoms with E-state index in [1.807, 2.05) is 6.92 Å². The molecule has 7 nitrogen and oxygen atoms in total. The molecule has 0 spiro atoms. The Morgan fingerprint density at radius 3 is 2.76 bits per heavy atom. The van der Waals surface area contributed by atoms with Crippen molar-refractivity contribution in [3.8, 4) is 0 Å². The van der Waals surface area contributed by atoms with Gasteiger partial charge in [0.15, 0.2) is 5.96 Å². The van der Waals surface area contributed by atoms with Crippen LogP contribution in [0.3, 0.4) is 0 Å². The number of aryl methyl sites for hydroxylation is 1. The van der Waals surface area contributed by atoms with E-state index >= 15 is 0 Å². The molecule has 1 heterocycles. The Balaban J connectivity index is 0.00000420. The highest BCUT2D eigenvalue weighted by molar-refractivity contribution is 14.0. The van der Waals surface area contributed by atoms with Crippen LogP contribution in [0.15, 0.2) is 23.2 Å². The second-order valence-electron chi connectivity index (χ2n) is 7.08. The van der Waals surface area contributed by atoms with Crippen LogP contribution in [0.5, 0.6) is 0 Å². The summed E-state index contributed by atoms with van der Waals surface area (Å²) in [6.45, 7) is 6.74. The predicted molar refractivity (Wildman–Crippen MR) is 123 cm³/mol. The van der Waals surface area contributed by atoms with Crippen molar-refractivity contribution in [2.45, 2.75) is 33.1 Å². The minimum atomic E-state index is -0.393. The first-order valence-electron chi connectivity index (χ1n) is 9.76. The number of likely N-dealkylation sites (tertiary alicyclic amines) is 1. The lowest BCUT2D eigenvalue weighted by Gasteiger charge is -2.34. The van der Waals surface area contributed by atoms with Crippen molar-refractivity contribution < 1.29 is 14.0 Å². The van der Waals surface area contributed by atoms with Crippen LogP contribution in [0.4, 0.5) is 4.39 Å². The number of piperidine rings is 1. The molecule has 162 valence electrons. The minimum absolute atomic E-state index is 0. The Kier molecular flexibility index (Phi) is 10.9. The molecule has 2 amide bonds. The van der Waals surface area contributed by atoms with Crippen molar-refractivity contribution in [2.24, 2.45) is 16.6 Å². The molecule has 1 saturated heterocycles. The monoisotopic (exact) mass is 519 g/mol. The SMILES string of the molecule is CCNC(=NCCNC(=O)c1ccc(C)c(F)c1)N1CCCC(CC(N)=O)C1.I. The number of rotatable bonds is 7. The molecule has 0 saturated carbocycles. The number of primary amides is 1. The average molecular weight is 519 g/mol. The number of benzene rings is 1. The maximum Gasteiger partial charge on any atom is 0.251 e. The zero-order chi connectivity index (χ0) is 20.5. The van der Waals surface area contributed by atoms with Crippen LogP contribution in [-0.2, 0) is 4.79 Å². The van der Waals surface area contributed by atoms with E-state index in [9.17, 15) is 14.0 Å². The summed E-state index contributed by atoms with van der Waals surface area (Å²) in [6.07, 6.45) is 2.36. The number of halogens is 2. The van der Waals surface area contributed by atoms with Crippen LogP contribution in [0.2, 0.25) is 0 Å². The second kappa shape index (κ2) is 12.6. The molecule has 2 rings (SSSR count). The van der Waals surface area contributed by atoms with Gasteiger partial charge in [-0.25, -0.2) is 4.39 Å². The first kappa shape index (κ1) is 25.1. The average Bonchev–Trinajstić information content (AvgIpc) is 2.66. The van der Waals surface area contributed by atoms with E-state index < -0.39 is 5.82 Å². The summed E-state index contributed by atoms with van der Waals surface area (Å²) in [4.78, 5) is 30.0. The minimum Gasteiger partial charge on any atom is -0.370 e. The molecular formula is C20H31FIN5O2. The van der Waals surface area contributed by atoms with Crippen molar-refractivity contribution in [2.75, 3.05) is 32.7 Å². The summed E-state index contributed by atoms with van der Waals surface area (Å²) in [5.41, 5.74) is 6.13. The predicted octanol–water partition coefficient (Wildman–Crippen LogP) is 2.03. The number of hydrogen-bond donors (Lipinski definition) is 3. The molecule has 1 aromatic rings. The molecular weight excluding hydrogens is 488 g/mol. The van der Waals surface area contributed by atoms with Gasteiger partial charge < -0.3 is 21.3 Å². The normalized spacial score (nSPS) is 16.7. The summed E-state index contributed by atoms with van der Waals surface area (Å²) < 4.78 is 13.6. The van der Waals surface area contributed by atoms with Gasteiger partial charge in [-0.15, -0.1) is 24.0 Å². The molecule has 0 aliphatic carbocycles. The number of nitrogens with two attached hydrogens (primary N) is 1. The topological polar surface area (TPSA) is 99.8 Å². The lowest BCUT2D eigenvalue weighted by molar-refractivity contribution is -0.119. The standard InChI is InChI=1S/C20H30FN5O2.HI/c1-3-23-20(26-10-4-5-15(13-26)11-18(22)27)25-9-8-24-19(28)16-7-6-14(2)17(21)12-16;/h6-7,12,15H,3-5,8-11,13H2,1-2H3,(H2,22,27)(H,23,25)(H,24,28);1H. The van der Waals surface area contributed by atoms with Crippen molar-refractivity contribution in [1.29, 1.82) is 0 Å². The van der Waals surface area contributed by atoms with Gasteiger partial charge in [0.2, 0.25) is 5.91 Å². The smallest absolute Gasteiger partial charge is 0.251 e. The van der Waals surface area contributed by atoms with Crippen LogP contribution < -0.4 is 16.4 Å². The maximum absolute atomic E-state index is 13.6. The summed E-state index contributed by atoms with van der Waals surface area (Å²) in [6, 6.07) is 4.43. The fourth-order valence-electron chi connectivity index (χ4n) is 3.30. The lowest BCUT2D eigenvalue weighted by atomic mass is 9.95. The van der Waals surface area contributed by atoms with Crippen LogP contribution >= 0.6 is 24.0 Å². The van der Waals surface area contributed by atoms with E-state index in [0.717, 1.165) is 38.4 Å². The Morgan fingerprint density at radius 1 is 1.34 bits per heavy atom. The van der Waals surface area contributed by atoms with Crippen LogP contribution in [0, 0.1) is 18.7 Å². The third-order valence-corrected chi connectivity index (χ3v) is 4.74. The molecule has 4 N–H and O–H groups in total. The van der Waals surface area contributed by atoms with E-state index in [1.165, 1.54) is 6.07 Å². The summed E-state index contributed by atoms with van der Waals surface area (Å²) in [7, 11) is 0. The summed E-state index contributed by atoms with van der Waals surface area (Å²) in [5, 5.41) is 6.02. The molecule has 0 bridgehead atoms. The number of carbonyl (C=O) groups is 2. The van der Waals surface area contributed by atoms with Gasteiger partial charge in [0.05, 0.1) is 6.54 Å². The van der Waals surface area contributed by atoms with E-state index in [2.05, 4.69) is 20.5 Å². The van der Waals surface area contributed by atoms with E-state index in [0.29, 0.717) is 30.6 Å². The molecule has 0 radical (unpaired) electrons. The number of nitrogens with one attached hydrogen (secondary N) is 2. The van der Waals surface area contributed by atoms with Gasteiger partial charge >= 0.3 is 0 Å². The highest BCUT2D eigenvalue weighted by Gasteiger charge is 2.23. The van der Waals surface area contributed by atoms with Gasteiger partial charge in [-0.1, -0.05) is 6.07 Å². The number of amides is 2. The van der Waals surface area contributed by atoms with Crippen molar-refractivity contribution >= 4 is 41.8 Å². The number of aliphatic imine (C=N–C) groups is 1. The molecule has 0 aromatic heterocycles. The fraction of sp³-hybridized carbons (Fsp3) is 0.550. The maximum atomic E-state index is 13.6. The van der Waals surface area contributed by atoms with Crippen LogP contribution in [-0.4, -0.2) is 55.4 Å². The molecule has 29 heavy (non-hydrogen) atoms. The molecule has 1 atom stereocenters. The molecule has 1 unspecified atom stereocenters. The van der Waals surface area contributed by atoms with Gasteiger partial charge in [0, 0.05) is 38.2 Å². The van der Waals surface area contributed by atoms with Crippen molar-refractivity contribution in [3.05, 3.63) is 35.1 Å². The first-order chi connectivity index (χ1) is 13.4. The number of nitrogens with zero attached hydrogens (tertiary/aromatic N) is 2. The second-order valence-corrected chi connectivity index (χ2v) is 7.08. The summed E-state index contributed by atoms with van der Waals surface area (Å²) >= 11 is 0. The lowest BCUT2D eigenvalue weighted by Crippen LogP contribution is -2.47. The van der Waals surface area contributed by atoms with Gasteiger partial charge in [-0.2, -0.15) is 0 Å². The van der Waals surface area contributed by atoms with Crippen molar-refractivity contribution in [3.63, 3.8) is 0 Å².